The van der Waals surface area contributed by atoms with E-state index in [0.29, 0.717) is 37.3 Å². The van der Waals surface area contributed by atoms with E-state index in [0.717, 1.165) is 32.6 Å². The molecule has 2 aromatic rings. The fraction of sp³-hybridized carbons (Fsp3) is 0.611. The second-order valence-electron chi connectivity index (χ2n) is 6.57. The van der Waals surface area contributed by atoms with Crippen molar-refractivity contribution in [2.75, 3.05) is 44.2 Å². The standard InChI is InChI=1S/C18H26ClN7O2/c1-4-15-21-14(23-28-15)12-24-7-9-26(10-8-24)17(27)16-13(19)11-20-18(22-16)25(5-2)6-3/h11H,4-10,12H2,1-3H3. The van der Waals surface area contributed by atoms with E-state index in [2.05, 4.69) is 25.0 Å². The van der Waals surface area contributed by atoms with Crippen LogP contribution in [0.25, 0.3) is 0 Å². The normalized spacial score (nSPS) is 15.1. The predicted molar refractivity (Wildman–Crippen MR) is 105 cm³/mol. The Kier molecular flexibility index (Phi) is 6.79. The molecule has 0 N–H and O–H groups in total. The molecule has 1 amide bonds. The minimum Gasteiger partial charge on any atom is -0.341 e. The minimum absolute atomic E-state index is 0.159. The molecule has 0 atom stereocenters. The summed E-state index contributed by atoms with van der Waals surface area (Å²) in [6, 6.07) is 0. The fourth-order valence-corrected chi connectivity index (χ4v) is 3.30. The number of piperazine rings is 1. The third kappa shape index (κ3) is 4.59. The van der Waals surface area contributed by atoms with E-state index in [-0.39, 0.29) is 16.6 Å². The van der Waals surface area contributed by atoms with Crippen molar-refractivity contribution in [1.29, 1.82) is 0 Å². The summed E-state index contributed by atoms with van der Waals surface area (Å²) in [4.78, 5) is 32.0. The van der Waals surface area contributed by atoms with E-state index < -0.39 is 0 Å². The summed E-state index contributed by atoms with van der Waals surface area (Å²) in [5, 5.41) is 4.27. The van der Waals surface area contributed by atoms with Gasteiger partial charge in [-0.05, 0) is 13.8 Å². The van der Waals surface area contributed by atoms with E-state index in [1.54, 1.807) is 4.90 Å². The van der Waals surface area contributed by atoms with Crippen LogP contribution in [0.3, 0.4) is 0 Å². The first-order chi connectivity index (χ1) is 13.5. The molecule has 2 aromatic heterocycles. The van der Waals surface area contributed by atoms with Crippen LogP contribution in [0.4, 0.5) is 5.95 Å². The zero-order valence-corrected chi connectivity index (χ0v) is 17.3. The number of halogens is 1. The second kappa shape index (κ2) is 9.29. The molecule has 0 saturated carbocycles. The Labute approximate surface area is 169 Å². The second-order valence-corrected chi connectivity index (χ2v) is 6.97. The van der Waals surface area contributed by atoms with Crippen LogP contribution in [0.2, 0.25) is 5.02 Å². The molecule has 3 rings (SSSR count). The molecular weight excluding hydrogens is 382 g/mol. The quantitative estimate of drug-likeness (QED) is 0.687. The summed E-state index contributed by atoms with van der Waals surface area (Å²) in [7, 11) is 0. The lowest BCUT2D eigenvalue weighted by molar-refractivity contribution is 0.0618. The average Bonchev–Trinajstić information content (AvgIpc) is 3.17. The van der Waals surface area contributed by atoms with E-state index in [1.807, 2.05) is 25.7 Å². The number of aromatic nitrogens is 4. The number of nitrogens with zero attached hydrogens (tertiary/aromatic N) is 7. The summed E-state index contributed by atoms with van der Waals surface area (Å²) in [5.74, 6) is 1.69. The summed E-state index contributed by atoms with van der Waals surface area (Å²) in [6.07, 6.45) is 2.23. The van der Waals surface area contributed by atoms with Crippen molar-refractivity contribution in [2.24, 2.45) is 0 Å². The van der Waals surface area contributed by atoms with Crippen molar-refractivity contribution in [3.63, 3.8) is 0 Å². The molecule has 0 radical (unpaired) electrons. The van der Waals surface area contributed by atoms with Crippen molar-refractivity contribution in [2.45, 2.75) is 33.7 Å². The van der Waals surface area contributed by atoms with Crippen LogP contribution < -0.4 is 4.90 Å². The first kappa shape index (κ1) is 20.5. The van der Waals surface area contributed by atoms with E-state index >= 15 is 0 Å². The Morgan fingerprint density at radius 3 is 2.50 bits per heavy atom. The fourth-order valence-electron chi connectivity index (χ4n) is 3.12. The van der Waals surface area contributed by atoms with Gasteiger partial charge in [-0.15, -0.1) is 0 Å². The third-order valence-corrected chi connectivity index (χ3v) is 5.09. The van der Waals surface area contributed by atoms with Gasteiger partial charge in [0.25, 0.3) is 5.91 Å². The molecule has 28 heavy (non-hydrogen) atoms. The molecular formula is C18H26ClN7O2. The maximum Gasteiger partial charge on any atom is 0.274 e. The Morgan fingerprint density at radius 1 is 1.18 bits per heavy atom. The Hall–Kier alpha value is -2.26. The van der Waals surface area contributed by atoms with Crippen molar-refractivity contribution >= 4 is 23.5 Å². The molecule has 1 fully saturated rings. The van der Waals surface area contributed by atoms with E-state index in [4.69, 9.17) is 16.1 Å². The molecule has 0 aromatic carbocycles. The molecule has 9 nitrogen and oxygen atoms in total. The molecule has 10 heteroatoms. The van der Waals surface area contributed by atoms with E-state index in [9.17, 15) is 4.79 Å². The maximum absolute atomic E-state index is 13.0. The van der Waals surface area contributed by atoms with Crippen LogP contribution in [-0.4, -0.2) is 75.1 Å². The van der Waals surface area contributed by atoms with Gasteiger partial charge in [-0.2, -0.15) is 4.98 Å². The summed E-state index contributed by atoms with van der Waals surface area (Å²) >= 11 is 6.23. The average molecular weight is 408 g/mol. The van der Waals surface area contributed by atoms with Crippen molar-refractivity contribution in [1.82, 2.24) is 29.9 Å². The largest absolute Gasteiger partial charge is 0.341 e. The van der Waals surface area contributed by atoms with Crippen molar-refractivity contribution in [3.05, 3.63) is 28.6 Å². The van der Waals surface area contributed by atoms with Gasteiger partial charge >= 0.3 is 0 Å². The molecule has 0 unspecified atom stereocenters. The van der Waals surface area contributed by atoms with E-state index in [1.165, 1.54) is 6.20 Å². The smallest absolute Gasteiger partial charge is 0.274 e. The van der Waals surface area contributed by atoms with Crippen LogP contribution >= 0.6 is 11.6 Å². The van der Waals surface area contributed by atoms with Gasteiger partial charge in [-0.25, -0.2) is 9.97 Å². The predicted octanol–water partition coefficient (Wildman–Crippen LogP) is 1.88. The number of aryl methyl sites for hydroxylation is 1. The van der Waals surface area contributed by atoms with Gasteiger partial charge in [0, 0.05) is 45.7 Å². The SMILES string of the molecule is CCc1nc(CN2CCN(C(=O)c3nc(N(CC)CC)ncc3Cl)CC2)no1. The monoisotopic (exact) mass is 407 g/mol. The zero-order chi connectivity index (χ0) is 20.1. The topological polar surface area (TPSA) is 91.5 Å². The Bertz CT molecular complexity index is 801. The lowest BCUT2D eigenvalue weighted by atomic mass is 10.2. The van der Waals surface area contributed by atoms with Gasteiger partial charge < -0.3 is 14.3 Å². The number of hydrogen-bond donors (Lipinski definition) is 0. The van der Waals surface area contributed by atoms with Gasteiger partial charge in [-0.3, -0.25) is 9.69 Å². The molecule has 0 aliphatic carbocycles. The lowest BCUT2D eigenvalue weighted by Crippen LogP contribution is -2.48. The number of rotatable bonds is 7. The molecule has 152 valence electrons. The first-order valence-electron chi connectivity index (χ1n) is 9.66. The highest BCUT2D eigenvalue weighted by atomic mass is 35.5. The lowest BCUT2D eigenvalue weighted by Gasteiger charge is -2.34. The summed E-state index contributed by atoms with van der Waals surface area (Å²) in [6.45, 7) is 10.8. The Morgan fingerprint density at radius 2 is 1.89 bits per heavy atom. The van der Waals surface area contributed by atoms with Gasteiger partial charge in [0.15, 0.2) is 11.5 Å². The van der Waals surface area contributed by atoms with Crippen LogP contribution in [0.1, 0.15) is 43.0 Å². The minimum atomic E-state index is -0.159. The van der Waals surface area contributed by atoms with Crippen molar-refractivity contribution in [3.8, 4) is 0 Å². The number of carbonyl (C=O) groups is 1. The molecule has 3 heterocycles. The number of anilines is 1. The van der Waals surface area contributed by atoms with Crippen molar-refractivity contribution < 1.29 is 9.32 Å². The molecule has 1 saturated heterocycles. The van der Waals surface area contributed by atoms with Gasteiger partial charge in [-0.1, -0.05) is 23.7 Å². The van der Waals surface area contributed by atoms with Gasteiger partial charge in [0.05, 0.1) is 17.8 Å². The highest BCUT2D eigenvalue weighted by Crippen LogP contribution is 2.19. The number of amides is 1. The third-order valence-electron chi connectivity index (χ3n) is 4.82. The molecule has 0 spiro atoms. The number of carbonyl (C=O) groups excluding carboxylic acids is 1. The zero-order valence-electron chi connectivity index (χ0n) is 16.6. The van der Waals surface area contributed by atoms with Gasteiger partial charge in [0.2, 0.25) is 11.8 Å². The molecule has 1 aliphatic rings. The summed E-state index contributed by atoms with van der Waals surface area (Å²) in [5.41, 5.74) is 0.262. The van der Waals surface area contributed by atoms with Gasteiger partial charge in [0.1, 0.15) is 0 Å². The van der Waals surface area contributed by atoms with Crippen LogP contribution in [0, 0.1) is 0 Å². The van der Waals surface area contributed by atoms with Crippen LogP contribution in [0.5, 0.6) is 0 Å². The molecule has 1 aliphatic heterocycles. The summed E-state index contributed by atoms with van der Waals surface area (Å²) < 4.78 is 5.15. The van der Waals surface area contributed by atoms with Crippen LogP contribution in [0.15, 0.2) is 10.7 Å². The molecule has 0 bridgehead atoms. The highest BCUT2D eigenvalue weighted by Gasteiger charge is 2.26. The number of hydrogen-bond acceptors (Lipinski definition) is 8. The van der Waals surface area contributed by atoms with Crippen LogP contribution in [-0.2, 0) is 13.0 Å². The maximum atomic E-state index is 13.0. The Balaban J connectivity index is 1.62. The first-order valence-corrected chi connectivity index (χ1v) is 10.0. The highest BCUT2D eigenvalue weighted by molar-refractivity contribution is 6.33.